The normalized spacial score (nSPS) is 10.8. The summed E-state index contributed by atoms with van der Waals surface area (Å²) >= 11 is 0. The molecule has 2 aromatic carbocycles. The zero-order chi connectivity index (χ0) is 14.5. The highest BCUT2D eigenvalue weighted by atomic mass is 19.1. The van der Waals surface area contributed by atoms with Gasteiger partial charge in [-0.1, -0.05) is 24.3 Å². The fourth-order valence-electron chi connectivity index (χ4n) is 1.81. The summed E-state index contributed by atoms with van der Waals surface area (Å²) in [5.74, 6) is -0.0780. The molecular formula is C16H15FO3. The van der Waals surface area contributed by atoms with Crippen LogP contribution in [0.5, 0.6) is 17.2 Å². The second kappa shape index (κ2) is 6.10. The molecule has 0 aliphatic rings. The summed E-state index contributed by atoms with van der Waals surface area (Å²) in [5.41, 5.74) is 1.58. The molecule has 0 heterocycles. The lowest BCUT2D eigenvalue weighted by Gasteiger charge is -2.08. The van der Waals surface area contributed by atoms with Crippen molar-refractivity contribution in [1.29, 1.82) is 0 Å². The lowest BCUT2D eigenvalue weighted by molar-refractivity contribution is 0.350. The number of phenolic OH excluding ortho intramolecular Hbond substituents is 1. The zero-order valence-corrected chi connectivity index (χ0v) is 11.3. The van der Waals surface area contributed by atoms with Gasteiger partial charge in [-0.05, 0) is 35.4 Å². The lowest BCUT2D eigenvalue weighted by Crippen LogP contribution is -1.94. The summed E-state index contributed by atoms with van der Waals surface area (Å²) in [5, 5.41) is 9.39. The first-order valence-electron chi connectivity index (χ1n) is 6.02. The SMILES string of the molecule is COc1cc(/C=C/c2cccc(O)c2)cc(OC)c1F. The Labute approximate surface area is 116 Å². The molecule has 0 atom stereocenters. The van der Waals surface area contributed by atoms with Gasteiger partial charge >= 0.3 is 0 Å². The Kier molecular flexibility index (Phi) is 4.25. The van der Waals surface area contributed by atoms with Crippen molar-refractivity contribution in [1.82, 2.24) is 0 Å². The first-order valence-corrected chi connectivity index (χ1v) is 6.02. The molecule has 0 bridgehead atoms. The highest BCUT2D eigenvalue weighted by molar-refractivity contribution is 5.71. The molecule has 3 nitrogen and oxygen atoms in total. The van der Waals surface area contributed by atoms with E-state index in [4.69, 9.17) is 9.47 Å². The van der Waals surface area contributed by atoms with E-state index in [1.54, 1.807) is 36.4 Å². The van der Waals surface area contributed by atoms with Crippen molar-refractivity contribution in [3.8, 4) is 17.2 Å². The fourth-order valence-corrected chi connectivity index (χ4v) is 1.81. The number of methoxy groups -OCH3 is 2. The third-order valence-electron chi connectivity index (χ3n) is 2.81. The van der Waals surface area contributed by atoms with Gasteiger partial charge in [0.15, 0.2) is 11.5 Å². The number of halogens is 1. The molecule has 0 saturated carbocycles. The van der Waals surface area contributed by atoms with E-state index in [9.17, 15) is 9.50 Å². The van der Waals surface area contributed by atoms with E-state index in [1.165, 1.54) is 14.2 Å². The molecule has 0 saturated heterocycles. The summed E-state index contributed by atoms with van der Waals surface area (Å²) < 4.78 is 23.7. The smallest absolute Gasteiger partial charge is 0.206 e. The predicted octanol–water partition coefficient (Wildman–Crippen LogP) is 3.72. The molecule has 1 N–H and O–H groups in total. The van der Waals surface area contributed by atoms with Crippen LogP contribution in [0.4, 0.5) is 4.39 Å². The van der Waals surface area contributed by atoms with Crippen LogP contribution < -0.4 is 9.47 Å². The minimum absolute atomic E-state index is 0.125. The average molecular weight is 274 g/mol. The van der Waals surface area contributed by atoms with Gasteiger partial charge in [-0.2, -0.15) is 4.39 Å². The molecule has 0 amide bonds. The molecule has 20 heavy (non-hydrogen) atoms. The van der Waals surface area contributed by atoms with Crippen LogP contribution in [-0.4, -0.2) is 19.3 Å². The van der Waals surface area contributed by atoms with E-state index in [-0.39, 0.29) is 17.2 Å². The monoisotopic (exact) mass is 274 g/mol. The standard InChI is InChI=1S/C16H15FO3/c1-19-14-9-12(10-15(20-2)16(14)17)7-6-11-4-3-5-13(18)8-11/h3-10,18H,1-2H3/b7-6+. The van der Waals surface area contributed by atoms with Crippen LogP contribution in [0.25, 0.3) is 12.2 Å². The van der Waals surface area contributed by atoms with Crippen LogP contribution in [0.1, 0.15) is 11.1 Å². The van der Waals surface area contributed by atoms with Crippen molar-refractivity contribution in [2.75, 3.05) is 14.2 Å². The van der Waals surface area contributed by atoms with Crippen molar-refractivity contribution in [3.63, 3.8) is 0 Å². The quantitative estimate of drug-likeness (QED) is 0.864. The number of aromatic hydroxyl groups is 1. The van der Waals surface area contributed by atoms with Gasteiger partial charge in [0.1, 0.15) is 5.75 Å². The summed E-state index contributed by atoms with van der Waals surface area (Å²) in [4.78, 5) is 0. The zero-order valence-electron chi connectivity index (χ0n) is 11.3. The fraction of sp³-hybridized carbons (Fsp3) is 0.125. The molecule has 4 heteroatoms. The molecule has 2 aromatic rings. The number of ether oxygens (including phenoxy) is 2. The maximum absolute atomic E-state index is 13.8. The Morgan fingerprint density at radius 1 is 0.950 bits per heavy atom. The number of benzene rings is 2. The lowest BCUT2D eigenvalue weighted by atomic mass is 10.1. The Bertz CT molecular complexity index is 610. The third kappa shape index (κ3) is 3.09. The minimum Gasteiger partial charge on any atom is -0.508 e. The van der Waals surface area contributed by atoms with Gasteiger partial charge in [-0.3, -0.25) is 0 Å². The molecule has 0 unspecified atom stereocenters. The maximum Gasteiger partial charge on any atom is 0.206 e. The van der Waals surface area contributed by atoms with Crippen molar-refractivity contribution < 1.29 is 19.0 Å². The highest BCUT2D eigenvalue weighted by Crippen LogP contribution is 2.29. The molecule has 0 aliphatic carbocycles. The number of phenols is 1. The molecule has 0 aliphatic heterocycles. The number of rotatable bonds is 4. The number of hydrogen-bond donors (Lipinski definition) is 1. The van der Waals surface area contributed by atoms with Gasteiger partial charge < -0.3 is 14.6 Å². The largest absolute Gasteiger partial charge is 0.508 e. The Hall–Kier alpha value is -2.49. The first kappa shape index (κ1) is 13.9. The minimum atomic E-state index is -0.524. The summed E-state index contributed by atoms with van der Waals surface area (Å²) in [6, 6.07) is 10.00. The van der Waals surface area contributed by atoms with Crippen LogP contribution in [0, 0.1) is 5.82 Å². The van der Waals surface area contributed by atoms with Gasteiger partial charge in [0, 0.05) is 0 Å². The van der Waals surface area contributed by atoms with E-state index in [1.807, 2.05) is 12.1 Å². The maximum atomic E-state index is 13.8. The molecule has 0 spiro atoms. The van der Waals surface area contributed by atoms with Crippen molar-refractivity contribution >= 4 is 12.2 Å². The third-order valence-corrected chi connectivity index (χ3v) is 2.81. The Balaban J connectivity index is 2.33. The summed E-state index contributed by atoms with van der Waals surface area (Å²) in [7, 11) is 2.81. The second-order valence-corrected chi connectivity index (χ2v) is 4.17. The van der Waals surface area contributed by atoms with Gasteiger partial charge in [-0.15, -0.1) is 0 Å². The Morgan fingerprint density at radius 3 is 2.10 bits per heavy atom. The molecule has 0 fully saturated rings. The molecule has 2 rings (SSSR count). The molecule has 104 valence electrons. The molecular weight excluding hydrogens is 259 g/mol. The summed E-state index contributed by atoms with van der Waals surface area (Å²) in [6.07, 6.45) is 3.60. The van der Waals surface area contributed by atoms with Crippen molar-refractivity contribution in [2.24, 2.45) is 0 Å². The van der Waals surface area contributed by atoms with Crippen LogP contribution >= 0.6 is 0 Å². The van der Waals surface area contributed by atoms with E-state index in [0.717, 1.165) is 11.1 Å². The summed E-state index contributed by atoms with van der Waals surface area (Å²) in [6.45, 7) is 0. The van der Waals surface area contributed by atoms with Gasteiger partial charge in [0.2, 0.25) is 5.82 Å². The van der Waals surface area contributed by atoms with Crippen LogP contribution in [-0.2, 0) is 0 Å². The van der Waals surface area contributed by atoms with E-state index < -0.39 is 5.82 Å². The number of hydrogen-bond acceptors (Lipinski definition) is 3. The molecule has 0 radical (unpaired) electrons. The van der Waals surface area contributed by atoms with Crippen molar-refractivity contribution in [3.05, 3.63) is 53.3 Å². The van der Waals surface area contributed by atoms with E-state index in [0.29, 0.717) is 0 Å². The highest BCUT2D eigenvalue weighted by Gasteiger charge is 2.10. The van der Waals surface area contributed by atoms with E-state index in [2.05, 4.69) is 0 Å². The van der Waals surface area contributed by atoms with Crippen LogP contribution in [0.2, 0.25) is 0 Å². The van der Waals surface area contributed by atoms with Crippen LogP contribution in [0.15, 0.2) is 36.4 Å². The van der Waals surface area contributed by atoms with Crippen molar-refractivity contribution in [2.45, 2.75) is 0 Å². The van der Waals surface area contributed by atoms with Gasteiger partial charge in [0.05, 0.1) is 14.2 Å². The second-order valence-electron chi connectivity index (χ2n) is 4.17. The molecule has 0 aromatic heterocycles. The predicted molar refractivity (Wildman–Crippen MR) is 76.5 cm³/mol. The van der Waals surface area contributed by atoms with E-state index >= 15 is 0 Å². The first-order chi connectivity index (χ1) is 9.63. The van der Waals surface area contributed by atoms with Crippen LogP contribution in [0.3, 0.4) is 0 Å². The van der Waals surface area contributed by atoms with Gasteiger partial charge in [0.25, 0.3) is 0 Å². The average Bonchev–Trinajstić information content (AvgIpc) is 2.46. The van der Waals surface area contributed by atoms with Gasteiger partial charge in [-0.25, -0.2) is 0 Å². The Morgan fingerprint density at radius 2 is 1.55 bits per heavy atom. The topological polar surface area (TPSA) is 38.7 Å².